The smallest absolute Gasteiger partial charge is 0.139 e. The molecule has 3 heteroatoms. The van der Waals surface area contributed by atoms with Crippen LogP contribution in [0.3, 0.4) is 0 Å². The number of hydrogen-bond donors (Lipinski definition) is 1. The van der Waals surface area contributed by atoms with Gasteiger partial charge in [-0.3, -0.25) is 0 Å². The van der Waals surface area contributed by atoms with Crippen molar-refractivity contribution in [1.82, 2.24) is 0 Å². The summed E-state index contributed by atoms with van der Waals surface area (Å²) in [6.45, 7) is 0. The minimum Gasteiger partial charge on any atom is -0.389 e. The van der Waals surface area contributed by atoms with Crippen LogP contribution in [0.5, 0.6) is 0 Å². The predicted octanol–water partition coefficient (Wildman–Crippen LogP) is 1.56. The van der Waals surface area contributed by atoms with Gasteiger partial charge in [0, 0.05) is 11.5 Å². The standard InChI is InChI=1S/C10H11O2P/c11-9-6-7-13(12,8-9)10-4-2-1-3-5-10/h1-7,9,11H,8H2. The molecule has 0 amide bonds. The molecule has 2 unspecified atom stereocenters. The maximum Gasteiger partial charge on any atom is 0.139 e. The van der Waals surface area contributed by atoms with E-state index in [1.165, 1.54) is 0 Å². The van der Waals surface area contributed by atoms with E-state index in [4.69, 9.17) is 0 Å². The summed E-state index contributed by atoms with van der Waals surface area (Å²) in [6.07, 6.45) is 1.44. The second kappa shape index (κ2) is 3.13. The highest BCUT2D eigenvalue weighted by molar-refractivity contribution is 7.74. The average Bonchev–Trinajstić information content (AvgIpc) is 2.49. The molecule has 0 saturated heterocycles. The molecule has 2 nitrogen and oxygen atoms in total. The lowest BCUT2D eigenvalue weighted by Crippen LogP contribution is -2.09. The molecule has 1 aliphatic heterocycles. The molecule has 0 bridgehead atoms. The molecule has 1 aromatic rings. The molecule has 2 rings (SSSR count). The maximum absolute atomic E-state index is 12.2. The van der Waals surface area contributed by atoms with E-state index in [2.05, 4.69) is 0 Å². The monoisotopic (exact) mass is 194 g/mol. The van der Waals surface area contributed by atoms with Crippen LogP contribution in [0.2, 0.25) is 0 Å². The Bertz CT molecular complexity index is 370. The molecule has 0 fully saturated rings. The minimum atomic E-state index is -2.41. The van der Waals surface area contributed by atoms with Crippen molar-refractivity contribution in [1.29, 1.82) is 0 Å². The lowest BCUT2D eigenvalue weighted by Gasteiger charge is -2.09. The summed E-state index contributed by atoms with van der Waals surface area (Å²) in [5.74, 6) is 1.66. The predicted molar refractivity (Wildman–Crippen MR) is 53.7 cm³/mol. The van der Waals surface area contributed by atoms with Gasteiger partial charge >= 0.3 is 0 Å². The molecule has 68 valence electrons. The molecule has 2 atom stereocenters. The van der Waals surface area contributed by atoms with Gasteiger partial charge in [0.1, 0.15) is 7.14 Å². The van der Waals surface area contributed by atoms with Crippen molar-refractivity contribution in [3.8, 4) is 0 Å². The van der Waals surface area contributed by atoms with Crippen molar-refractivity contribution >= 4 is 12.4 Å². The van der Waals surface area contributed by atoms with Crippen LogP contribution >= 0.6 is 7.14 Å². The summed E-state index contributed by atoms with van der Waals surface area (Å²) in [7, 11) is -2.41. The van der Waals surface area contributed by atoms with Gasteiger partial charge in [0.25, 0.3) is 0 Å². The lowest BCUT2D eigenvalue weighted by atomic mass is 10.4. The lowest BCUT2D eigenvalue weighted by molar-refractivity contribution is 0.249. The molecule has 1 heterocycles. The molecule has 1 aliphatic rings. The van der Waals surface area contributed by atoms with Crippen LogP contribution in [0.1, 0.15) is 0 Å². The van der Waals surface area contributed by atoms with E-state index in [0.29, 0.717) is 6.16 Å². The topological polar surface area (TPSA) is 37.3 Å². The third kappa shape index (κ3) is 1.60. The quantitative estimate of drug-likeness (QED) is 0.689. The molecule has 0 aliphatic carbocycles. The van der Waals surface area contributed by atoms with E-state index < -0.39 is 13.2 Å². The van der Waals surface area contributed by atoms with Gasteiger partial charge in [-0.2, -0.15) is 0 Å². The number of benzene rings is 1. The number of aliphatic hydroxyl groups is 1. The molecule has 0 spiro atoms. The SMILES string of the molecule is O=P1(c2ccccc2)C=CC(O)C1. The first-order valence-electron chi connectivity index (χ1n) is 4.22. The van der Waals surface area contributed by atoms with E-state index in [0.717, 1.165) is 5.30 Å². The molecule has 0 radical (unpaired) electrons. The summed E-state index contributed by atoms with van der Waals surface area (Å²) in [5, 5.41) is 10.1. The third-order valence-electron chi connectivity index (χ3n) is 2.20. The van der Waals surface area contributed by atoms with Crippen molar-refractivity contribution < 1.29 is 9.67 Å². The Morgan fingerprint density at radius 3 is 2.54 bits per heavy atom. The highest BCUT2D eigenvalue weighted by atomic mass is 31.2. The highest BCUT2D eigenvalue weighted by Crippen LogP contribution is 2.50. The normalized spacial score (nSPS) is 32.2. The fourth-order valence-electron chi connectivity index (χ4n) is 1.51. The molecular weight excluding hydrogens is 183 g/mol. The zero-order valence-electron chi connectivity index (χ0n) is 7.13. The number of aliphatic hydroxyl groups excluding tert-OH is 1. The highest BCUT2D eigenvalue weighted by Gasteiger charge is 2.28. The Morgan fingerprint density at radius 1 is 1.31 bits per heavy atom. The van der Waals surface area contributed by atoms with E-state index in [-0.39, 0.29) is 0 Å². The summed E-state index contributed by atoms with van der Waals surface area (Å²) in [6, 6.07) is 9.33. The van der Waals surface area contributed by atoms with Gasteiger partial charge in [-0.1, -0.05) is 36.4 Å². The van der Waals surface area contributed by atoms with Gasteiger partial charge in [0.05, 0.1) is 6.10 Å². The molecular formula is C10H11O2P. The Hall–Kier alpha value is -0.850. The van der Waals surface area contributed by atoms with Gasteiger partial charge in [0.15, 0.2) is 0 Å². The van der Waals surface area contributed by atoms with E-state index in [1.807, 2.05) is 30.3 Å². The fourth-order valence-corrected chi connectivity index (χ4v) is 3.85. The zero-order valence-corrected chi connectivity index (χ0v) is 8.02. The van der Waals surface area contributed by atoms with Crippen LogP contribution in [-0.4, -0.2) is 17.4 Å². The Balaban J connectivity index is 2.38. The van der Waals surface area contributed by atoms with Crippen molar-refractivity contribution in [3.63, 3.8) is 0 Å². The second-order valence-corrected chi connectivity index (χ2v) is 5.99. The third-order valence-corrected chi connectivity index (χ3v) is 4.94. The van der Waals surface area contributed by atoms with Crippen molar-refractivity contribution in [2.45, 2.75) is 6.10 Å². The first-order valence-corrected chi connectivity index (χ1v) is 6.19. The van der Waals surface area contributed by atoms with Crippen molar-refractivity contribution in [3.05, 3.63) is 42.2 Å². The summed E-state index contributed by atoms with van der Waals surface area (Å²) >= 11 is 0. The Morgan fingerprint density at radius 2 is 2.00 bits per heavy atom. The van der Waals surface area contributed by atoms with Crippen LogP contribution in [-0.2, 0) is 4.57 Å². The van der Waals surface area contributed by atoms with Crippen LogP contribution in [0.15, 0.2) is 42.2 Å². The summed E-state index contributed by atoms with van der Waals surface area (Å²) in [5.41, 5.74) is 0. The number of rotatable bonds is 1. The fraction of sp³-hybridized carbons (Fsp3) is 0.200. The van der Waals surface area contributed by atoms with Crippen molar-refractivity contribution in [2.24, 2.45) is 0 Å². The average molecular weight is 194 g/mol. The first-order chi connectivity index (χ1) is 6.21. The Labute approximate surface area is 77.3 Å². The molecule has 13 heavy (non-hydrogen) atoms. The molecule has 0 aromatic heterocycles. The summed E-state index contributed by atoms with van der Waals surface area (Å²) < 4.78 is 12.2. The van der Waals surface area contributed by atoms with Crippen LogP contribution < -0.4 is 5.30 Å². The van der Waals surface area contributed by atoms with Crippen LogP contribution in [0.4, 0.5) is 0 Å². The van der Waals surface area contributed by atoms with E-state index in [9.17, 15) is 9.67 Å². The summed E-state index contributed by atoms with van der Waals surface area (Å²) in [4.78, 5) is 0. The largest absolute Gasteiger partial charge is 0.389 e. The zero-order chi connectivity index (χ0) is 9.31. The van der Waals surface area contributed by atoms with Crippen LogP contribution in [0, 0.1) is 0 Å². The van der Waals surface area contributed by atoms with E-state index in [1.54, 1.807) is 11.9 Å². The minimum absolute atomic E-state index is 0.358. The van der Waals surface area contributed by atoms with E-state index >= 15 is 0 Å². The maximum atomic E-state index is 12.2. The van der Waals surface area contributed by atoms with Gasteiger partial charge in [0.2, 0.25) is 0 Å². The molecule has 1 N–H and O–H groups in total. The van der Waals surface area contributed by atoms with Crippen molar-refractivity contribution in [2.75, 3.05) is 6.16 Å². The second-order valence-electron chi connectivity index (χ2n) is 3.22. The first kappa shape index (κ1) is 8.74. The van der Waals surface area contributed by atoms with Gasteiger partial charge < -0.3 is 9.67 Å². The van der Waals surface area contributed by atoms with Gasteiger partial charge in [-0.05, 0) is 5.82 Å². The molecule has 0 saturated carbocycles. The Kier molecular flexibility index (Phi) is 2.10. The molecule has 1 aromatic carbocycles. The van der Waals surface area contributed by atoms with Gasteiger partial charge in [-0.15, -0.1) is 0 Å². The van der Waals surface area contributed by atoms with Crippen LogP contribution in [0.25, 0.3) is 0 Å². The van der Waals surface area contributed by atoms with Gasteiger partial charge in [-0.25, -0.2) is 0 Å². The number of hydrogen-bond acceptors (Lipinski definition) is 2.